The number of aromatic amines is 1. The fourth-order valence-electron chi connectivity index (χ4n) is 3.47. The lowest BCUT2D eigenvalue weighted by Gasteiger charge is -2.26. The highest BCUT2D eigenvalue weighted by Gasteiger charge is 2.54. The lowest BCUT2D eigenvalue weighted by atomic mass is 10.0. The average Bonchev–Trinajstić information content (AvgIpc) is 3.01. The Kier molecular flexibility index (Phi) is 9.26. The lowest BCUT2D eigenvalue weighted by molar-refractivity contribution is -0.149. The Balaban J connectivity index is 1.80. The molecule has 6 atom stereocenters. The second-order valence-corrected chi connectivity index (χ2v) is 13.6. The summed E-state index contributed by atoms with van der Waals surface area (Å²) in [6.45, 7) is 2.19. The van der Waals surface area contributed by atoms with Crippen molar-refractivity contribution in [2.24, 2.45) is 0 Å². The van der Waals surface area contributed by atoms with E-state index in [0.29, 0.717) is 4.90 Å². The molecule has 1 aliphatic heterocycles. The van der Waals surface area contributed by atoms with Crippen LogP contribution in [0.4, 0.5) is 0 Å². The number of H-pyrrole nitrogens is 1. The Labute approximate surface area is 216 Å². The molecule has 11 nitrogen and oxygen atoms in total. The minimum atomic E-state index is -3.81. The van der Waals surface area contributed by atoms with Crippen LogP contribution in [0.25, 0.3) is 0 Å². The fourth-order valence-corrected chi connectivity index (χ4v) is 7.60. The molecule has 14 heteroatoms. The van der Waals surface area contributed by atoms with Crippen LogP contribution >= 0.6 is 29.7 Å². The van der Waals surface area contributed by atoms with Gasteiger partial charge in [-0.05, 0) is 51.2 Å². The van der Waals surface area contributed by atoms with Gasteiger partial charge in [0.05, 0.1) is 12.7 Å². The molecule has 3 rings (SSSR count). The molecule has 1 aliphatic rings. The molecular formula is C22H29ClN3O8PS. The van der Waals surface area contributed by atoms with Crippen LogP contribution < -0.4 is 16.3 Å². The van der Waals surface area contributed by atoms with E-state index in [4.69, 9.17) is 25.6 Å². The zero-order chi connectivity index (χ0) is 26.7. The number of aromatic nitrogens is 2. The van der Waals surface area contributed by atoms with E-state index in [9.17, 15) is 24.1 Å². The van der Waals surface area contributed by atoms with E-state index >= 15 is 0 Å². The van der Waals surface area contributed by atoms with Crippen molar-refractivity contribution in [3.8, 4) is 0 Å². The van der Waals surface area contributed by atoms with Gasteiger partial charge in [-0.25, -0.2) is 9.88 Å². The van der Waals surface area contributed by atoms with Crippen molar-refractivity contribution in [1.82, 2.24) is 14.6 Å². The third kappa shape index (κ3) is 6.89. The SMILES string of the molecule is CC(C)OC(=O)C(C)NP(=O)(OC[C@H]1O[C@@H](n2ccc(=O)[nH]c2=O)[C@](C)(Cl)[C@@H]1O)Sc1ccccc1. The van der Waals surface area contributed by atoms with Crippen LogP contribution in [0, 0.1) is 0 Å². The van der Waals surface area contributed by atoms with E-state index in [2.05, 4.69) is 10.1 Å². The standard InChI is InChI=1S/C22H29ClN3O8PS/c1-13(2)33-19(29)14(3)25-35(31,36-15-8-6-5-7-9-15)32-12-16-18(28)22(4,23)20(34-16)26-11-10-17(27)24-21(26)30/h5-11,13-14,16,18,20,28H,12H2,1-4H3,(H,25,31)(H,24,27,30)/t14?,16-,18-,20-,22-,35?/m1/s1. The second kappa shape index (κ2) is 11.6. The maximum Gasteiger partial charge on any atom is 0.332 e. The van der Waals surface area contributed by atoms with Crippen molar-refractivity contribution in [2.45, 2.75) is 68.0 Å². The Morgan fingerprint density at radius 2 is 1.97 bits per heavy atom. The lowest BCUT2D eigenvalue weighted by Crippen LogP contribution is -2.43. The number of nitrogens with one attached hydrogen (secondary N) is 2. The summed E-state index contributed by atoms with van der Waals surface area (Å²) in [7, 11) is 0. The first-order valence-electron chi connectivity index (χ1n) is 11.1. The van der Waals surface area contributed by atoms with Crippen LogP contribution in [0.3, 0.4) is 0 Å². The Hall–Kier alpha value is -1.92. The molecule has 2 unspecified atom stereocenters. The predicted molar refractivity (Wildman–Crippen MR) is 135 cm³/mol. The summed E-state index contributed by atoms with van der Waals surface area (Å²) in [6, 6.07) is 8.95. The minimum absolute atomic E-state index is 0.361. The third-order valence-electron chi connectivity index (χ3n) is 5.26. The summed E-state index contributed by atoms with van der Waals surface area (Å²) in [4.78, 5) is 37.3. The molecule has 0 saturated carbocycles. The Morgan fingerprint density at radius 1 is 1.31 bits per heavy atom. The van der Waals surface area contributed by atoms with Gasteiger partial charge in [0.15, 0.2) is 6.23 Å². The number of esters is 1. The number of benzene rings is 1. The van der Waals surface area contributed by atoms with Gasteiger partial charge in [0, 0.05) is 17.2 Å². The molecule has 2 heterocycles. The van der Waals surface area contributed by atoms with Gasteiger partial charge < -0.3 is 19.1 Å². The molecular weight excluding hydrogens is 533 g/mol. The summed E-state index contributed by atoms with van der Waals surface area (Å²) < 4.78 is 31.6. The number of ether oxygens (including phenoxy) is 2. The number of hydrogen-bond donors (Lipinski definition) is 3. The van der Waals surface area contributed by atoms with E-state index < -0.39 is 53.3 Å². The van der Waals surface area contributed by atoms with Gasteiger partial charge in [0.2, 0.25) is 0 Å². The highest BCUT2D eigenvalue weighted by molar-refractivity contribution is 8.56. The number of aliphatic hydroxyl groups excluding tert-OH is 1. The maximum absolute atomic E-state index is 13.8. The van der Waals surface area contributed by atoms with Gasteiger partial charge >= 0.3 is 18.4 Å². The number of hydrogen-bond acceptors (Lipinski definition) is 9. The van der Waals surface area contributed by atoms with Crippen molar-refractivity contribution < 1.29 is 28.5 Å². The second-order valence-electron chi connectivity index (χ2n) is 8.67. The first-order valence-corrected chi connectivity index (χ1v) is 14.6. The van der Waals surface area contributed by atoms with E-state index in [0.717, 1.165) is 22.0 Å². The van der Waals surface area contributed by atoms with Crippen LogP contribution in [0.1, 0.15) is 33.9 Å². The molecule has 1 fully saturated rings. The summed E-state index contributed by atoms with van der Waals surface area (Å²) in [6.07, 6.45) is -2.72. The van der Waals surface area contributed by atoms with Gasteiger partial charge in [-0.15, -0.1) is 11.6 Å². The molecule has 1 saturated heterocycles. The zero-order valence-corrected chi connectivity index (χ0v) is 22.6. The quantitative estimate of drug-likeness (QED) is 0.224. The Bertz CT molecular complexity index is 1220. The number of halogens is 1. The van der Waals surface area contributed by atoms with Gasteiger partial charge in [0.1, 0.15) is 23.1 Å². The maximum atomic E-state index is 13.8. The van der Waals surface area contributed by atoms with Crippen LogP contribution in [-0.4, -0.2) is 56.5 Å². The first kappa shape index (κ1) is 28.6. The fraction of sp³-hybridized carbons (Fsp3) is 0.500. The van der Waals surface area contributed by atoms with Crippen LogP contribution in [0.2, 0.25) is 0 Å². The van der Waals surface area contributed by atoms with Gasteiger partial charge in [-0.1, -0.05) is 18.2 Å². The van der Waals surface area contributed by atoms with Crippen molar-refractivity contribution in [2.75, 3.05) is 6.61 Å². The first-order chi connectivity index (χ1) is 16.8. The number of nitrogens with zero attached hydrogens (tertiary/aromatic N) is 1. The number of rotatable bonds is 10. The number of carbonyl (C=O) groups is 1. The van der Waals surface area contributed by atoms with E-state index in [-0.39, 0.29) is 12.7 Å². The molecule has 1 aromatic heterocycles. The molecule has 0 bridgehead atoms. The van der Waals surface area contributed by atoms with Crippen molar-refractivity contribution in [3.05, 3.63) is 63.4 Å². The van der Waals surface area contributed by atoms with Crippen molar-refractivity contribution in [1.29, 1.82) is 0 Å². The molecule has 3 N–H and O–H groups in total. The van der Waals surface area contributed by atoms with Gasteiger partial charge in [-0.2, -0.15) is 0 Å². The summed E-state index contributed by atoms with van der Waals surface area (Å²) in [5.41, 5.74) is -1.36. The molecule has 198 valence electrons. The Morgan fingerprint density at radius 3 is 2.58 bits per heavy atom. The highest BCUT2D eigenvalue weighted by Crippen LogP contribution is 2.60. The molecule has 0 amide bonds. The van der Waals surface area contributed by atoms with Crippen molar-refractivity contribution >= 4 is 35.7 Å². The predicted octanol–water partition coefficient (Wildman–Crippen LogP) is 2.64. The average molecular weight is 562 g/mol. The number of alkyl halides is 1. The highest BCUT2D eigenvalue weighted by atomic mass is 35.5. The molecule has 1 aromatic carbocycles. The summed E-state index contributed by atoms with van der Waals surface area (Å²) >= 11 is 7.44. The third-order valence-corrected chi connectivity index (χ3v) is 9.57. The number of carbonyl (C=O) groups excluding carboxylic acids is 1. The molecule has 36 heavy (non-hydrogen) atoms. The van der Waals surface area contributed by atoms with Crippen LogP contribution in [0.5, 0.6) is 0 Å². The minimum Gasteiger partial charge on any atom is -0.462 e. The normalized spacial score (nSPS) is 26.5. The topological polar surface area (TPSA) is 149 Å². The van der Waals surface area contributed by atoms with E-state index in [1.807, 2.05) is 0 Å². The molecule has 0 radical (unpaired) electrons. The van der Waals surface area contributed by atoms with Gasteiger partial charge in [-0.3, -0.25) is 23.7 Å². The molecule has 0 spiro atoms. The van der Waals surface area contributed by atoms with Gasteiger partial charge in [0.25, 0.3) is 5.56 Å². The largest absolute Gasteiger partial charge is 0.462 e. The number of aliphatic hydroxyl groups is 1. The van der Waals surface area contributed by atoms with Crippen molar-refractivity contribution in [3.63, 3.8) is 0 Å². The van der Waals surface area contributed by atoms with Crippen LogP contribution in [-0.2, 0) is 23.4 Å². The molecule has 2 aromatic rings. The van der Waals surface area contributed by atoms with E-state index in [1.165, 1.54) is 20.0 Å². The molecule has 0 aliphatic carbocycles. The summed E-state index contributed by atoms with van der Waals surface area (Å²) in [5, 5.41) is 13.6. The smallest absolute Gasteiger partial charge is 0.332 e. The summed E-state index contributed by atoms with van der Waals surface area (Å²) in [5.74, 6) is -0.606. The van der Waals surface area contributed by atoms with Crippen LogP contribution in [0.15, 0.2) is 57.1 Å². The van der Waals surface area contributed by atoms with E-state index in [1.54, 1.807) is 44.2 Å². The monoisotopic (exact) mass is 561 g/mol. The zero-order valence-electron chi connectivity index (χ0n) is 20.1.